The molecule has 2 N–H and O–H groups in total. The Morgan fingerprint density at radius 2 is 2.35 bits per heavy atom. The van der Waals surface area contributed by atoms with Gasteiger partial charge in [0.15, 0.2) is 0 Å². The Hall–Kier alpha value is -0.580. The Balaban J connectivity index is 2.12. The second-order valence-corrected chi connectivity index (χ2v) is 5.48. The summed E-state index contributed by atoms with van der Waals surface area (Å²) < 4.78 is 0.853. The Morgan fingerprint density at radius 1 is 1.59 bits per heavy atom. The van der Waals surface area contributed by atoms with Crippen LogP contribution in [-0.2, 0) is 4.79 Å². The van der Waals surface area contributed by atoms with E-state index in [0.717, 1.165) is 35.1 Å². The number of hydrogen-bond acceptors (Lipinski definition) is 2. The topological polar surface area (TPSA) is 41.1 Å². The minimum absolute atomic E-state index is 0.00289. The van der Waals surface area contributed by atoms with E-state index in [1.807, 2.05) is 13.0 Å². The predicted molar refractivity (Wildman–Crippen MR) is 73.5 cm³/mol. The number of hydrogen-bond donors (Lipinski definition) is 2. The zero-order valence-electron chi connectivity index (χ0n) is 9.52. The van der Waals surface area contributed by atoms with E-state index in [1.165, 1.54) is 0 Å². The van der Waals surface area contributed by atoms with Gasteiger partial charge in [0, 0.05) is 9.50 Å². The molecule has 0 aromatic heterocycles. The molecular formula is C12H14BrClN2O. The van der Waals surface area contributed by atoms with Crippen LogP contribution in [0.2, 0.25) is 5.02 Å². The molecule has 0 unspecified atom stereocenters. The Morgan fingerprint density at radius 3 is 3.00 bits per heavy atom. The highest BCUT2D eigenvalue weighted by Crippen LogP contribution is 2.29. The van der Waals surface area contributed by atoms with Gasteiger partial charge in [0.25, 0.3) is 0 Å². The third kappa shape index (κ3) is 3.00. The van der Waals surface area contributed by atoms with Crippen LogP contribution in [0.3, 0.4) is 0 Å². The van der Waals surface area contributed by atoms with Crippen LogP contribution in [0.25, 0.3) is 0 Å². The van der Waals surface area contributed by atoms with Crippen LogP contribution in [0, 0.1) is 6.92 Å². The fourth-order valence-corrected chi connectivity index (χ4v) is 2.59. The van der Waals surface area contributed by atoms with E-state index in [2.05, 4.69) is 26.6 Å². The van der Waals surface area contributed by atoms with E-state index >= 15 is 0 Å². The monoisotopic (exact) mass is 316 g/mol. The highest BCUT2D eigenvalue weighted by Gasteiger charge is 2.22. The Bertz CT molecular complexity index is 444. The number of carbonyl (C=O) groups is 1. The maximum Gasteiger partial charge on any atom is 0.241 e. The van der Waals surface area contributed by atoms with Gasteiger partial charge in [-0.3, -0.25) is 4.79 Å². The number of aryl methyl sites for hydroxylation is 1. The van der Waals surface area contributed by atoms with Crippen molar-refractivity contribution in [3.63, 3.8) is 0 Å². The van der Waals surface area contributed by atoms with Crippen molar-refractivity contribution in [2.45, 2.75) is 25.8 Å². The van der Waals surface area contributed by atoms with Crippen LogP contribution >= 0.6 is 27.5 Å². The van der Waals surface area contributed by atoms with E-state index < -0.39 is 0 Å². The molecule has 1 atom stereocenters. The first kappa shape index (κ1) is 12.9. The summed E-state index contributed by atoms with van der Waals surface area (Å²) in [5.74, 6) is 0.00289. The molecule has 1 aromatic rings. The summed E-state index contributed by atoms with van der Waals surface area (Å²) in [5.41, 5.74) is 1.70. The van der Waals surface area contributed by atoms with E-state index in [1.54, 1.807) is 6.07 Å². The van der Waals surface area contributed by atoms with Crippen molar-refractivity contribution in [1.29, 1.82) is 0 Å². The summed E-state index contributed by atoms with van der Waals surface area (Å²) in [6.07, 6.45) is 1.94. The first-order valence-corrected chi connectivity index (χ1v) is 6.75. The van der Waals surface area contributed by atoms with Crippen molar-refractivity contribution in [2.24, 2.45) is 0 Å². The molecule has 0 aliphatic carbocycles. The van der Waals surface area contributed by atoms with Gasteiger partial charge in [-0.25, -0.2) is 0 Å². The van der Waals surface area contributed by atoms with Gasteiger partial charge in [0.05, 0.1) is 11.7 Å². The van der Waals surface area contributed by atoms with Gasteiger partial charge in [-0.15, -0.1) is 0 Å². The van der Waals surface area contributed by atoms with Crippen molar-refractivity contribution < 1.29 is 4.79 Å². The quantitative estimate of drug-likeness (QED) is 0.880. The van der Waals surface area contributed by atoms with Crippen LogP contribution in [0.1, 0.15) is 18.4 Å². The molecule has 1 amide bonds. The molecule has 1 aliphatic heterocycles. The number of nitrogens with one attached hydrogen (secondary N) is 2. The molecule has 0 saturated carbocycles. The van der Waals surface area contributed by atoms with E-state index in [-0.39, 0.29) is 11.9 Å². The Labute approximate surface area is 114 Å². The van der Waals surface area contributed by atoms with Gasteiger partial charge in [0.1, 0.15) is 0 Å². The summed E-state index contributed by atoms with van der Waals surface area (Å²) in [6.45, 7) is 2.84. The van der Waals surface area contributed by atoms with Crippen LogP contribution in [0.4, 0.5) is 5.69 Å². The third-order valence-electron chi connectivity index (χ3n) is 2.88. The lowest BCUT2D eigenvalue weighted by molar-refractivity contribution is -0.117. The zero-order chi connectivity index (χ0) is 12.4. The smallest absolute Gasteiger partial charge is 0.241 e. The number of halogens is 2. The van der Waals surface area contributed by atoms with Crippen LogP contribution < -0.4 is 10.6 Å². The highest BCUT2D eigenvalue weighted by atomic mass is 79.9. The molecule has 1 aromatic carbocycles. The fourth-order valence-electron chi connectivity index (χ4n) is 1.87. The van der Waals surface area contributed by atoms with E-state index in [0.29, 0.717) is 5.02 Å². The van der Waals surface area contributed by atoms with Gasteiger partial charge in [0.2, 0.25) is 5.91 Å². The van der Waals surface area contributed by atoms with Crippen LogP contribution in [0.15, 0.2) is 16.6 Å². The van der Waals surface area contributed by atoms with Crippen LogP contribution in [0.5, 0.6) is 0 Å². The molecule has 3 nitrogen and oxygen atoms in total. The summed E-state index contributed by atoms with van der Waals surface area (Å²) in [7, 11) is 0. The molecule has 92 valence electrons. The molecule has 0 spiro atoms. The molecule has 5 heteroatoms. The third-order valence-corrected chi connectivity index (χ3v) is 3.95. The van der Waals surface area contributed by atoms with Crippen LogP contribution in [-0.4, -0.2) is 18.5 Å². The van der Waals surface area contributed by atoms with Gasteiger partial charge in [-0.2, -0.15) is 0 Å². The molecule has 1 aliphatic rings. The number of benzene rings is 1. The standard InChI is InChI=1S/C12H14BrClN2O/c1-7-5-8(13)11(6-9(7)14)16-12(17)10-3-2-4-15-10/h5-6,10,15H,2-4H2,1H3,(H,16,17)/t10-/m1/s1. The SMILES string of the molecule is Cc1cc(Br)c(NC(=O)[C@H]2CCCN2)cc1Cl. The predicted octanol–water partition coefficient (Wildman–Crippen LogP) is 3.10. The number of anilines is 1. The zero-order valence-corrected chi connectivity index (χ0v) is 11.9. The number of amides is 1. The average Bonchev–Trinajstić information content (AvgIpc) is 2.79. The van der Waals surface area contributed by atoms with Crippen molar-refractivity contribution in [2.75, 3.05) is 11.9 Å². The van der Waals surface area contributed by atoms with Gasteiger partial charge in [-0.05, 0) is 59.9 Å². The van der Waals surface area contributed by atoms with E-state index in [4.69, 9.17) is 11.6 Å². The van der Waals surface area contributed by atoms with E-state index in [9.17, 15) is 4.79 Å². The lowest BCUT2D eigenvalue weighted by Gasteiger charge is -2.13. The first-order chi connectivity index (χ1) is 8.08. The van der Waals surface area contributed by atoms with Crippen molar-refractivity contribution in [3.05, 3.63) is 27.2 Å². The second kappa shape index (κ2) is 5.38. The van der Waals surface area contributed by atoms with Gasteiger partial charge < -0.3 is 10.6 Å². The summed E-state index contributed by atoms with van der Waals surface area (Å²) >= 11 is 9.47. The highest BCUT2D eigenvalue weighted by molar-refractivity contribution is 9.10. The molecule has 17 heavy (non-hydrogen) atoms. The molecule has 0 radical (unpaired) electrons. The minimum atomic E-state index is -0.0815. The average molecular weight is 318 g/mol. The van der Waals surface area contributed by atoms with Crippen molar-refractivity contribution in [3.8, 4) is 0 Å². The molecule has 0 bridgehead atoms. The summed E-state index contributed by atoms with van der Waals surface area (Å²) in [5, 5.41) is 6.70. The van der Waals surface area contributed by atoms with Gasteiger partial charge in [-0.1, -0.05) is 11.6 Å². The second-order valence-electron chi connectivity index (χ2n) is 4.22. The molecular weight excluding hydrogens is 304 g/mol. The minimum Gasteiger partial charge on any atom is -0.324 e. The molecule has 2 rings (SSSR count). The molecule has 1 saturated heterocycles. The summed E-state index contributed by atoms with van der Waals surface area (Å²) in [6, 6.07) is 3.59. The maximum absolute atomic E-state index is 11.9. The lowest BCUT2D eigenvalue weighted by atomic mass is 10.2. The normalized spacial score (nSPS) is 19.4. The first-order valence-electron chi connectivity index (χ1n) is 5.58. The molecule has 1 heterocycles. The number of carbonyl (C=O) groups excluding carboxylic acids is 1. The number of rotatable bonds is 2. The maximum atomic E-state index is 11.9. The largest absolute Gasteiger partial charge is 0.324 e. The van der Waals surface area contributed by atoms with Crippen molar-refractivity contribution >= 4 is 39.1 Å². The summed E-state index contributed by atoms with van der Waals surface area (Å²) in [4.78, 5) is 11.9. The lowest BCUT2D eigenvalue weighted by Crippen LogP contribution is -2.35. The fraction of sp³-hybridized carbons (Fsp3) is 0.417. The Kier molecular flexibility index (Phi) is 4.07. The van der Waals surface area contributed by atoms with Gasteiger partial charge >= 0.3 is 0 Å². The molecule has 1 fully saturated rings. The van der Waals surface area contributed by atoms with Crippen molar-refractivity contribution in [1.82, 2.24) is 5.32 Å².